The number of nitrogens with zero attached hydrogens (tertiary/aromatic N) is 2. The molecule has 0 aliphatic heterocycles. The monoisotopic (exact) mass is 231 g/mol. The van der Waals surface area contributed by atoms with Crippen LogP contribution in [-0.4, -0.2) is 35.8 Å². The first-order valence-corrected chi connectivity index (χ1v) is 6.55. The Balaban J connectivity index is 2.83. The topological polar surface area (TPSA) is 66.1 Å². The Hall–Kier alpha value is -0.880. The minimum absolute atomic E-state index is 0.167. The van der Waals surface area contributed by atoms with E-state index in [4.69, 9.17) is 0 Å². The second-order valence-electron chi connectivity index (χ2n) is 3.27. The Morgan fingerprint density at radius 3 is 2.67 bits per heavy atom. The third-order valence-electron chi connectivity index (χ3n) is 2.20. The molecule has 1 aromatic rings. The third-order valence-corrected chi connectivity index (χ3v) is 4.10. The van der Waals surface area contributed by atoms with Crippen LogP contribution < -0.4 is 0 Å². The minimum Gasteiger partial charge on any atom is -0.335 e. The molecule has 0 unspecified atom stereocenters. The van der Waals surface area contributed by atoms with Crippen LogP contribution in [0.3, 0.4) is 0 Å². The molecule has 86 valence electrons. The predicted molar refractivity (Wildman–Crippen MR) is 57.9 cm³/mol. The van der Waals surface area contributed by atoms with Gasteiger partial charge in [-0.15, -0.1) is 0 Å². The lowest BCUT2D eigenvalue weighted by molar-refractivity contribution is 0.417. The van der Waals surface area contributed by atoms with Gasteiger partial charge in [0, 0.05) is 13.1 Å². The number of rotatable bonds is 6. The second-order valence-corrected chi connectivity index (χ2v) is 5.17. The molecule has 1 N–H and O–H groups in total. The molecule has 1 aromatic heterocycles. The summed E-state index contributed by atoms with van der Waals surface area (Å²) in [6, 6.07) is 0. The zero-order valence-corrected chi connectivity index (χ0v) is 9.92. The van der Waals surface area contributed by atoms with Gasteiger partial charge in [0.15, 0.2) is 5.03 Å². The average Bonchev–Trinajstić information content (AvgIpc) is 2.72. The lowest BCUT2D eigenvalue weighted by atomic mass is 10.3. The van der Waals surface area contributed by atoms with E-state index in [1.807, 2.05) is 13.8 Å². The van der Waals surface area contributed by atoms with Gasteiger partial charge >= 0.3 is 0 Å². The zero-order valence-electron chi connectivity index (χ0n) is 9.10. The molecule has 0 fully saturated rings. The van der Waals surface area contributed by atoms with Gasteiger partial charge in [0.2, 0.25) is 0 Å². The largest absolute Gasteiger partial charge is 0.335 e. The molecule has 5 nitrogen and oxygen atoms in total. The van der Waals surface area contributed by atoms with Crippen LogP contribution in [0, 0.1) is 0 Å². The van der Waals surface area contributed by atoms with Crippen molar-refractivity contribution in [3.63, 3.8) is 0 Å². The molecule has 1 rings (SSSR count). The maximum absolute atomic E-state index is 12.0. The quantitative estimate of drug-likeness (QED) is 0.800. The van der Waals surface area contributed by atoms with Crippen LogP contribution in [0.2, 0.25) is 0 Å². The fourth-order valence-electron chi connectivity index (χ4n) is 1.31. The van der Waals surface area contributed by atoms with Crippen molar-refractivity contribution in [2.75, 3.05) is 13.1 Å². The van der Waals surface area contributed by atoms with Crippen molar-refractivity contribution in [3.05, 3.63) is 12.5 Å². The highest BCUT2D eigenvalue weighted by Crippen LogP contribution is 2.12. The molecule has 0 radical (unpaired) electrons. The Morgan fingerprint density at radius 1 is 1.47 bits per heavy atom. The van der Waals surface area contributed by atoms with Crippen LogP contribution in [-0.2, 0) is 10.0 Å². The molecule has 15 heavy (non-hydrogen) atoms. The standard InChI is InChI=1S/C9H17N3O2S/c1-3-5-6-12(4-2)15(13,14)9-7-10-8-11-9/h7-8H,3-6H2,1-2H3,(H,10,11). The number of hydrogen-bond donors (Lipinski definition) is 1. The molecule has 1 heterocycles. The first kappa shape index (κ1) is 12.2. The van der Waals surface area contributed by atoms with E-state index >= 15 is 0 Å². The van der Waals surface area contributed by atoms with E-state index < -0.39 is 10.0 Å². The molecule has 0 saturated carbocycles. The Bertz CT molecular complexity index is 372. The van der Waals surface area contributed by atoms with Crippen LogP contribution in [0.1, 0.15) is 26.7 Å². The van der Waals surface area contributed by atoms with E-state index in [1.165, 1.54) is 16.8 Å². The SMILES string of the molecule is CCCCN(CC)S(=O)(=O)c1cnc[nH]1. The summed E-state index contributed by atoms with van der Waals surface area (Å²) in [6.07, 6.45) is 4.57. The number of aromatic amines is 1. The van der Waals surface area contributed by atoms with Crippen molar-refractivity contribution in [2.45, 2.75) is 31.7 Å². The zero-order chi connectivity index (χ0) is 11.3. The molecule has 0 aliphatic rings. The molecular formula is C9H17N3O2S. The van der Waals surface area contributed by atoms with E-state index in [2.05, 4.69) is 9.97 Å². The van der Waals surface area contributed by atoms with Gasteiger partial charge in [0.05, 0.1) is 12.5 Å². The van der Waals surface area contributed by atoms with Crippen molar-refractivity contribution in [1.82, 2.24) is 14.3 Å². The summed E-state index contributed by atoms with van der Waals surface area (Å²) in [5, 5.41) is 0.167. The molecule has 0 spiro atoms. The van der Waals surface area contributed by atoms with Crippen LogP contribution >= 0.6 is 0 Å². The summed E-state index contributed by atoms with van der Waals surface area (Å²) in [5.41, 5.74) is 0. The van der Waals surface area contributed by atoms with Gasteiger partial charge in [-0.25, -0.2) is 13.4 Å². The minimum atomic E-state index is -3.36. The van der Waals surface area contributed by atoms with Gasteiger partial charge < -0.3 is 4.98 Å². The summed E-state index contributed by atoms with van der Waals surface area (Å²) in [7, 11) is -3.36. The third kappa shape index (κ3) is 2.79. The summed E-state index contributed by atoms with van der Waals surface area (Å²) < 4.78 is 25.4. The van der Waals surface area contributed by atoms with E-state index in [9.17, 15) is 8.42 Å². The lowest BCUT2D eigenvalue weighted by Crippen LogP contribution is -2.32. The van der Waals surface area contributed by atoms with Crippen molar-refractivity contribution < 1.29 is 8.42 Å². The normalized spacial score (nSPS) is 12.2. The molecule has 0 saturated heterocycles. The van der Waals surface area contributed by atoms with Crippen LogP contribution in [0.4, 0.5) is 0 Å². The fourth-order valence-corrected chi connectivity index (χ4v) is 2.69. The van der Waals surface area contributed by atoms with Gasteiger partial charge in [0.1, 0.15) is 0 Å². The summed E-state index contributed by atoms with van der Waals surface area (Å²) >= 11 is 0. The van der Waals surface area contributed by atoms with E-state index in [-0.39, 0.29) is 5.03 Å². The van der Waals surface area contributed by atoms with Crippen molar-refractivity contribution >= 4 is 10.0 Å². The highest BCUT2D eigenvalue weighted by molar-refractivity contribution is 7.89. The summed E-state index contributed by atoms with van der Waals surface area (Å²) in [5.74, 6) is 0. The Labute approximate surface area is 90.6 Å². The number of aromatic nitrogens is 2. The molecule has 0 aromatic carbocycles. The fraction of sp³-hybridized carbons (Fsp3) is 0.667. The molecule has 0 atom stereocenters. The molecule has 0 bridgehead atoms. The number of sulfonamides is 1. The number of unbranched alkanes of at least 4 members (excludes halogenated alkanes) is 1. The van der Waals surface area contributed by atoms with Crippen LogP contribution in [0.15, 0.2) is 17.6 Å². The van der Waals surface area contributed by atoms with Crippen LogP contribution in [0.25, 0.3) is 0 Å². The first-order valence-electron chi connectivity index (χ1n) is 5.11. The van der Waals surface area contributed by atoms with Crippen molar-refractivity contribution in [3.8, 4) is 0 Å². The Morgan fingerprint density at radius 2 is 2.20 bits per heavy atom. The number of imidazole rings is 1. The Kier molecular flexibility index (Phi) is 4.28. The lowest BCUT2D eigenvalue weighted by Gasteiger charge is -2.18. The molecule has 0 aliphatic carbocycles. The average molecular weight is 231 g/mol. The molecular weight excluding hydrogens is 214 g/mol. The smallest absolute Gasteiger partial charge is 0.260 e. The number of nitrogens with one attached hydrogen (secondary N) is 1. The van der Waals surface area contributed by atoms with Crippen LogP contribution in [0.5, 0.6) is 0 Å². The maximum atomic E-state index is 12.0. The second kappa shape index (κ2) is 5.27. The highest BCUT2D eigenvalue weighted by atomic mass is 32.2. The maximum Gasteiger partial charge on any atom is 0.260 e. The van der Waals surface area contributed by atoms with Crippen molar-refractivity contribution in [1.29, 1.82) is 0 Å². The molecule has 0 amide bonds. The van der Waals surface area contributed by atoms with E-state index in [0.29, 0.717) is 13.1 Å². The van der Waals surface area contributed by atoms with Gasteiger partial charge in [-0.05, 0) is 6.42 Å². The van der Waals surface area contributed by atoms with Crippen molar-refractivity contribution in [2.24, 2.45) is 0 Å². The highest BCUT2D eigenvalue weighted by Gasteiger charge is 2.23. The first-order chi connectivity index (χ1) is 7.12. The van der Waals surface area contributed by atoms with Gasteiger partial charge in [0.25, 0.3) is 10.0 Å². The van der Waals surface area contributed by atoms with Gasteiger partial charge in [-0.2, -0.15) is 4.31 Å². The van der Waals surface area contributed by atoms with E-state index in [0.717, 1.165) is 12.8 Å². The van der Waals surface area contributed by atoms with Gasteiger partial charge in [-0.1, -0.05) is 20.3 Å². The number of hydrogen-bond acceptors (Lipinski definition) is 3. The number of H-pyrrole nitrogens is 1. The summed E-state index contributed by atoms with van der Waals surface area (Å²) in [4.78, 5) is 6.35. The van der Waals surface area contributed by atoms with E-state index in [1.54, 1.807) is 0 Å². The molecule has 6 heteroatoms. The summed E-state index contributed by atoms with van der Waals surface area (Å²) in [6.45, 7) is 4.93. The predicted octanol–water partition coefficient (Wildman–Crippen LogP) is 1.22. The van der Waals surface area contributed by atoms with Gasteiger partial charge in [-0.3, -0.25) is 0 Å².